The monoisotopic (exact) mass is 304 g/mol. The molecule has 0 amide bonds. The first kappa shape index (κ1) is 13.1. The molecule has 0 aliphatic heterocycles. The number of hydrogen-bond donors (Lipinski definition) is 1. The highest BCUT2D eigenvalue weighted by atomic mass is 35.5. The summed E-state index contributed by atoms with van der Waals surface area (Å²) in [7, 11) is 0. The van der Waals surface area contributed by atoms with Crippen LogP contribution in [0.2, 0.25) is 5.02 Å². The molecule has 22 heavy (non-hydrogen) atoms. The molecular weight excluding hydrogens is 292 g/mol. The molecule has 3 heteroatoms. The molecule has 0 bridgehead atoms. The lowest BCUT2D eigenvalue weighted by atomic mass is 10.0. The first-order valence-electron chi connectivity index (χ1n) is 7.09. The van der Waals surface area contributed by atoms with Crippen LogP contribution in [0.4, 0.5) is 0 Å². The molecule has 0 fully saturated rings. The van der Waals surface area contributed by atoms with Crippen LogP contribution in [0.1, 0.15) is 0 Å². The third-order valence-electron chi connectivity index (χ3n) is 3.80. The van der Waals surface area contributed by atoms with Gasteiger partial charge in [0.2, 0.25) is 0 Å². The second-order valence-electron chi connectivity index (χ2n) is 5.22. The van der Waals surface area contributed by atoms with Crippen LogP contribution in [0.3, 0.4) is 0 Å². The van der Waals surface area contributed by atoms with Gasteiger partial charge in [0, 0.05) is 51.2 Å². The van der Waals surface area contributed by atoms with Crippen molar-refractivity contribution in [3.8, 4) is 22.3 Å². The number of benzene rings is 2. The van der Waals surface area contributed by atoms with Gasteiger partial charge < -0.3 is 4.98 Å². The highest BCUT2D eigenvalue weighted by Crippen LogP contribution is 2.31. The van der Waals surface area contributed by atoms with Crippen molar-refractivity contribution in [1.29, 1.82) is 0 Å². The molecular formula is C19H13ClN2. The number of fused-ring (bicyclic) bond motifs is 1. The van der Waals surface area contributed by atoms with E-state index < -0.39 is 0 Å². The van der Waals surface area contributed by atoms with Crippen molar-refractivity contribution in [2.75, 3.05) is 0 Å². The summed E-state index contributed by atoms with van der Waals surface area (Å²) in [6.45, 7) is 0. The molecule has 0 spiro atoms. The molecule has 2 nitrogen and oxygen atoms in total. The molecule has 1 N–H and O–H groups in total. The van der Waals surface area contributed by atoms with Crippen LogP contribution in [0, 0.1) is 0 Å². The Morgan fingerprint density at radius 1 is 0.818 bits per heavy atom. The summed E-state index contributed by atoms with van der Waals surface area (Å²) in [6, 6.07) is 18.3. The number of aromatic nitrogens is 2. The molecule has 2 aromatic carbocycles. The van der Waals surface area contributed by atoms with Crippen LogP contribution in [0.15, 0.2) is 73.2 Å². The minimum atomic E-state index is 0.731. The van der Waals surface area contributed by atoms with E-state index in [4.69, 9.17) is 11.6 Å². The van der Waals surface area contributed by atoms with Crippen molar-refractivity contribution >= 4 is 22.5 Å². The summed E-state index contributed by atoms with van der Waals surface area (Å²) in [5, 5.41) is 1.93. The Hall–Kier alpha value is -2.58. The van der Waals surface area contributed by atoms with E-state index in [2.05, 4.69) is 28.2 Å². The highest BCUT2D eigenvalue weighted by Gasteiger charge is 2.07. The van der Waals surface area contributed by atoms with Crippen LogP contribution in [0.25, 0.3) is 33.2 Å². The first-order chi connectivity index (χ1) is 10.8. The van der Waals surface area contributed by atoms with Gasteiger partial charge in [-0.1, -0.05) is 41.9 Å². The number of para-hydroxylation sites is 1. The smallest absolute Gasteiger partial charge is 0.0460 e. The SMILES string of the molecule is Clc1cccc(-c2cncc(-c3c[nH]c4ccccc34)c2)c1. The first-order valence-corrected chi connectivity index (χ1v) is 7.46. The van der Waals surface area contributed by atoms with E-state index >= 15 is 0 Å². The van der Waals surface area contributed by atoms with Gasteiger partial charge in [-0.15, -0.1) is 0 Å². The van der Waals surface area contributed by atoms with E-state index in [0.717, 1.165) is 32.8 Å². The normalized spacial score (nSPS) is 11.0. The second-order valence-corrected chi connectivity index (χ2v) is 5.66. The van der Waals surface area contributed by atoms with Crippen molar-refractivity contribution < 1.29 is 0 Å². The minimum Gasteiger partial charge on any atom is -0.361 e. The largest absolute Gasteiger partial charge is 0.361 e. The molecule has 0 radical (unpaired) electrons. The van der Waals surface area contributed by atoms with Crippen LogP contribution < -0.4 is 0 Å². The number of pyridine rings is 1. The number of rotatable bonds is 2. The zero-order valence-corrected chi connectivity index (χ0v) is 12.5. The van der Waals surface area contributed by atoms with Crippen molar-refractivity contribution in [2.24, 2.45) is 0 Å². The molecule has 0 aliphatic carbocycles. The zero-order chi connectivity index (χ0) is 14.9. The molecule has 0 saturated carbocycles. The third kappa shape index (κ3) is 2.28. The lowest BCUT2D eigenvalue weighted by Crippen LogP contribution is -1.83. The molecule has 0 saturated heterocycles. The van der Waals surface area contributed by atoms with Crippen LogP contribution >= 0.6 is 11.6 Å². The average Bonchev–Trinajstić information content (AvgIpc) is 2.99. The summed E-state index contributed by atoms with van der Waals surface area (Å²) in [5.41, 5.74) is 5.51. The average molecular weight is 305 g/mol. The third-order valence-corrected chi connectivity index (χ3v) is 4.03. The molecule has 0 atom stereocenters. The maximum atomic E-state index is 6.09. The van der Waals surface area contributed by atoms with Gasteiger partial charge >= 0.3 is 0 Å². The van der Waals surface area contributed by atoms with Crippen molar-refractivity contribution in [3.63, 3.8) is 0 Å². The summed E-state index contributed by atoms with van der Waals surface area (Å²) in [4.78, 5) is 7.70. The standard InChI is InChI=1S/C19H13ClN2/c20-16-5-3-4-13(9-16)14-8-15(11-21-10-14)18-12-22-19-7-2-1-6-17(18)19/h1-12,22H. The molecule has 2 aromatic heterocycles. The number of nitrogens with zero attached hydrogens (tertiary/aromatic N) is 1. The number of H-pyrrole nitrogens is 1. The van der Waals surface area contributed by atoms with Crippen LogP contribution in [0.5, 0.6) is 0 Å². The van der Waals surface area contributed by atoms with Crippen LogP contribution in [-0.4, -0.2) is 9.97 Å². The van der Waals surface area contributed by atoms with Gasteiger partial charge in [0.05, 0.1) is 0 Å². The lowest BCUT2D eigenvalue weighted by molar-refractivity contribution is 1.33. The molecule has 2 heterocycles. The molecule has 4 aromatic rings. The van der Waals surface area contributed by atoms with Crippen molar-refractivity contribution in [2.45, 2.75) is 0 Å². The molecule has 4 rings (SSSR count). The quantitative estimate of drug-likeness (QED) is 0.516. The Morgan fingerprint density at radius 3 is 2.59 bits per heavy atom. The van der Waals surface area contributed by atoms with Crippen molar-refractivity contribution in [1.82, 2.24) is 9.97 Å². The summed E-state index contributed by atoms with van der Waals surface area (Å²) in [6.07, 6.45) is 5.79. The Bertz CT molecular complexity index is 956. The Kier molecular flexibility index (Phi) is 3.17. The Morgan fingerprint density at radius 2 is 1.68 bits per heavy atom. The van der Waals surface area contributed by atoms with E-state index in [9.17, 15) is 0 Å². The summed E-state index contributed by atoms with van der Waals surface area (Å²) < 4.78 is 0. The fourth-order valence-electron chi connectivity index (χ4n) is 2.72. The number of halogens is 1. The van der Waals surface area contributed by atoms with E-state index in [-0.39, 0.29) is 0 Å². The highest BCUT2D eigenvalue weighted by molar-refractivity contribution is 6.30. The van der Waals surface area contributed by atoms with Crippen molar-refractivity contribution in [3.05, 3.63) is 78.2 Å². The zero-order valence-electron chi connectivity index (χ0n) is 11.8. The molecule has 0 aliphatic rings. The number of hydrogen-bond acceptors (Lipinski definition) is 1. The Balaban J connectivity index is 1.85. The van der Waals surface area contributed by atoms with Gasteiger partial charge in [-0.05, 0) is 29.8 Å². The Labute approximate surface area is 133 Å². The van der Waals surface area contributed by atoms with E-state index in [1.807, 2.05) is 55.0 Å². The van der Waals surface area contributed by atoms with Gasteiger partial charge in [-0.3, -0.25) is 4.98 Å². The van der Waals surface area contributed by atoms with E-state index in [1.54, 1.807) is 0 Å². The maximum Gasteiger partial charge on any atom is 0.0460 e. The summed E-state index contributed by atoms with van der Waals surface area (Å²) >= 11 is 6.09. The van der Waals surface area contributed by atoms with E-state index in [1.165, 1.54) is 5.39 Å². The van der Waals surface area contributed by atoms with E-state index in [0.29, 0.717) is 0 Å². The lowest BCUT2D eigenvalue weighted by Gasteiger charge is -2.05. The fourth-order valence-corrected chi connectivity index (χ4v) is 2.91. The summed E-state index contributed by atoms with van der Waals surface area (Å²) in [5.74, 6) is 0. The van der Waals surface area contributed by atoms with Gasteiger partial charge in [-0.25, -0.2) is 0 Å². The van der Waals surface area contributed by atoms with Gasteiger partial charge in [-0.2, -0.15) is 0 Å². The number of nitrogens with one attached hydrogen (secondary N) is 1. The molecule has 106 valence electrons. The predicted molar refractivity (Wildman–Crippen MR) is 92.0 cm³/mol. The number of aromatic amines is 1. The van der Waals surface area contributed by atoms with Crippen LogP contribution in [-0.2, 0) is 0 Å². The minimum absolute atomic E-state index is 0.731. The van der Waals surface area contributed by atoms with Gasteiger partial charge in [0.1, 0.15) is 0 Å². The maximum absolute atomic E-state index is 6.09. The molecule has 0 unspecified atom stereocenters. The van der Waals surface area contributed by atoms with Gasteiger partial charge in [0.15, 0.2) is 0 Å². The fraction of sp³-hybridized carbons (Fsp3) is 0. The van der Waals surface area contributed by atoms with Gasteiger partial charge in [0.25, 0.3) is 0 Å². The second kappa shape index (κ2) is 5.32. The predicted octanol–water partition coefficient (Wildman–Crippen LogP) is 5.55. The topological polar surface area (TPSA) is 28.7 Å².